The molecule has 0 aliphatic rings. The Hall–Kier alpha value is -1.61. The van der Waals surface area contributed by atoms with Gasteiger partial charge in [-0.05, 0) is 16.7 Å². The molecule has 9 heavy (non-hydrogen) atoms. The molecule has 0 unspecified atom stereocenters. The van der Waals surface area contributed by atoms with Crippen LogP contribution in [0.2, 0.25) is 0 Å². The summed E-state index contributed by atoms with van der Waals surface area (Å²) in [6.07, 6.45) is 3.74. The number of hydrogen-bond donors (Lipinski definition) is 0. The van der Waals surface area contributed by atoms with Crippen molar-refractivity contribution in [2.24, 2.45) is 5.11 Å². The maximum Gasteiger partial charge on any atom is 0.130 e. The zero-order chi connectivity index (χ0) is 6.53. The zero-order valence-corrected chi connectivity index (χ0v) is 4.39. The fourth-order valence-corrected chi connectivity index (χ4v) is 0.354. The summed E-state index contributed by atoms with van der Waals surface area (Å²) >= 11 is 0. The van der Waals surface area contributed by atoms with E-state index in [4.69, 9.17) is 5.53 Å². The molecule has 1 heterocycles. The second-order valence-corrected chi connectivity index (χ2v) is 1.19. The monoisotopic (exact) mass is 120 g/mol. The van der Waals surface area contributed by atoms with Gasteiger partial charge in [0.1, 0.15) is 12.1 Å². The largest absolute Gasteiger partial charge is 0.235 e. The number of aromatic nitrogens is 2. The number of hydrogen-bond acceptors (Lipinski definition) is 3. The highest BCUT2D eigenvalue weighted by Crippen LogP contribution is 2.01. The smallest absolute Gasteiger partial charge is 0.130 e. The van der Waals surface area contributed by atoms with Crippen LogP contribution in [0.4, 0.5) is 5.82 Å². The maximum atomic E-state index is 7.90. The van der Waals surface area contributed by atoms with Gasteiger partial charge in [-0.2, -0.15) is 0 Å². The Morgan fingerprint density at radius 2 is 2.67 bits per heavy atom. The molecule has 0 saturated carbocycles. The molecular formula is C4H2N5. The van der Waals surface area contributed by atoms with Crippen LogP contribution in [-0.2, 0) is 0 Å². The molecule has 1 aromatic rings. The molecule has 5 nitrogen and oxygen atoms in total. The van der Waals surface area contributed by atoms with Gasteiger partial charge in [0.15, 0.2) is 0 Å². The zero-order valence-electron chi connectivity index (χ0n) is 4.39. The van der Waals surface area contributed by atoms with E-state index >= 15 is 0 Å². The molecule has 0 amide bonds. The average Bonchev–Trinajstić information content (AvgIpc) is 1.91. The van der Waals surface area contributed by atoms with Crippen molar-refractivity contribution in [3.05, 3.63) is 29.0 Å². The summed E-state index contributed by atoms with van der Waals surface area (Å²) in [6.45, 7) is 0. The molecule has 1 aromatic heterocycles. The van der Waals surface area contributed by atoms with Gasteiger partial charge in [-0.15, -0.1) is 0 Å². The molecule has 0 saturated heterocycles. The van der Waals surface area contributed by atoms with E-state index < -0.39 is 0 Å². The number of azide groups is 1. The van der Waals surface area contributed by atoms with E-state index in [0.717, 1.165) is 0 Å². The predicted molar refractivity (Wildman–Crippen MR) is 29.7 cm³/mol. The van der Waals surface area contributed by atoms with Gasteiger partial charge in [0.05, 0.1) is 6.20 Å². The van der Waals surface area contributed by atoms with Crippen LogP contribution in [0.5, 0.6) is 0 Å². The Labute approximate surface area is 51.0 Å². The number of nitrogens with zero attached hydrogens (tertiary/aromatic N) is 5. The second-order valence-electron chi connectivity index (χ2n) is 1.19. The normalized spacial score (nSPS) is 8.00. The van der Waals surface area contributed by atoms with Crippen LogP contribution in [0.1, 0.15) is 0 Å². The first-order valence-corrected chi connectivity index (χ1v) is 2.16. The van der Waals surface area contributed by atoms with Gasteiger partial charge in [0.2, 0.25) is 0 Å². The highest BCUT2D eigenvalue weighted by atomic mass is 15.2. The summed E-state index contributed by atoms with van der Waals surface area (Å²) in [6, 6.07) is 1.40. The molecule has 43 valence electrons. The second kappa shape index (κ2) is 2.64. The fraction of sp³-hybridized carbons (Fsp3) is 0. The topological polar surface area (TPSA) is 74.5 Å². The molecule has 0 aliphatic carbocycles. The average molecular weight is 120 g/mol. The lowest BCUT2D eigenvalue weighted by Gasteiger charge is -1.81. The van der Waals surface area contributed by atoms with Crippen LogP contribution < -0.4 is 0 Å². The Bertz CT molecular complexity index is 224. The molecule has 5 heteroatoms. The molecule has 0 aliphatic heterocycles. The summed E-state index contributed by atoms with van der Waals surface area (Å²) in [5, 5.41) is 3.20. The first-order chi connectivity index (χ1) is 4.43. The summed E-state index contributed by atoms with van der Waals surface area (Å²) in [4.78, 5) is 9.63. The highest BCUT2D eigenvalue weighted by Gasteiger charge is 1.82. The molecule has 0 fully saturated rings. The third kappa shape index (κ3) is 1.40. The fourth-order valence-electron chi connectivity index (χ4n) is 0.354. The minimum atomic E-state index is 0.285. The molecule has 0 spiro atoms. The van der Waals surface area contributed by atoms with Crippen molar-refractivity contribution in [2.75, 3.05) is 0 Å². The lowest BCUT2D eigenvalue weighted by Crippen LogP contribution is -1.72. The van der Waals surface area contributed by atoms with Crippen molar-refractivity contribution >= 4 is 5.82 Å². The first kappa shape index (κ1) is 5.53. The Morgan fingerprint density at radius 1 is 1.78 bits per heavy atom. The number of rotatable bonds is 1. The van der Waals surface area contributed by atoms with Gasteiger partial charge in [0, 0.05) is 4.91 Å². The highest BCUT2D eigenvalue weighted by molar-refractivity contribution is 5.21. The molecular weight excluding hydrogens is 118 g/mol. The van der Waals surface area contributed by atoms with E-state index in [9.17, 15) is 0 Å². The molecule has 0 N–H and O–H groups in total. The maximum absolute atomic E-state index is 7.90. The minimum Gasteiger partial charge on any atom is -0.235 e. The van der Waals surface area contributed by atoms with Gasteiger partial charge >= 0.3 is 0 Å². The molecule has 1 rings (SSSR count). The Morgan fingerprint density at radius 3 is 3.22 bits per heavy atom. The summed E-state index contributed by atoms with van der Waals surface area (Å²) in [5.41, 5.74) is 7.90. The van der Waals surface area contributed by atoms with Crippen LogP contribution in [0, 0.1) is 6.20 Å². The van der Waals surface area contributed by atoms with E-state index in [1.165, 1.54) is 12.4 Å². The van der Waals surface area contributed by atoms with Gasteiger partial charge < -0.3 is 0 Å². The van der Waals surface area contributed by atoms with Gasteiger partial charge in [0.25, 0.3) is 0 Å². The van der Waals surface area contributed by atoms with Crippen molar-refractivity contribution in [1.29, 1.82) is 0 Å². The summed E-state index contributed by atoms with van der Waals surface area (Å²) in [5.74, 6) is 0.285. The lowest BCUT2D eigenvalue weighted by atomic mass is 10.6. The summed E-state index contributed by atoms with van der Waals surface area (Å²) in [7, 11) is 0. The third-order valence-electron chi connectivity index (χ3n) is 0.663. The van der Waals surface area contributed by atoms with Crippen LogP contribution in [0.15, 0.2) is 17.5 Å². The van der Waals surface area contributed by atoms with E-state index in [2.05, 4.69) is 26.2 Å². The Balaban J connectivity index is 2.97. The van der Waals surface area contributed by atoms with Crippen molar-refractivity contribution in [3.63, 3.8) is 0 Å². The van der Waals surface area contributed by atoms with Crippen LogP contribution in [0.25, 0.3) is 10.4 Å². The molecule has 0 aromatic carbocycles. The third-order valence-corrected chi connectivity index (χ3v) is 0.663. The molecule has 1 radical (unpaired) electrons. The molecule has 0 atom stereocenters. The van der Waals surface area contributed by atoms with Gasteiger partial charge in [-0.3, -0.25) is 0 Å². The van der Waals surface area contributed by atoms with E-state index in [1.54, 1.807) is 0 Å². The van der Waals surface area contributed by atoms with E-state index in [0.29, 0.717) is 0 Å². The lowest BCUT2D eigenvalue weighted by molar-refractivity contribution is 1.14. The van der Waals surface area contributed by atoms with Crippen LogP contribution in [0.3, 0.4) is 0 Å². The summed E-state index contributed by atoms with van der Waals surface area (Å²) < 4.78 is 0. The Kier molecular flexibility index (Phi) is 1.62. The molecule has 0 bridgehead atoms. The van der Waals surface area contributed by atoms with Crippen LogP contribution >= 0.6 is 0 Å². The quantitative estimate of drug-likeness (QED) is 0.317. The van der Waals surface area contributed by atoms with Crippen LogP contribution in [-0.4, -0.2) is 9.97 Å². The SMILES string of the molecule is [N-]=[N+]=Nc1c[c]ncn1. The predicted octanol–water partition coefficient (Wildman–Crippen LogP) is 1.22. The van der Waals surface area contributed by atoms with E-state index in [-0.39, 0.29) is 5.82 Å². The first-order valence-electron chi connectivity index (χ1n) is 2.16. The van der Waals surface area contributed by atoms with Gasteiger partial charge in [-0.25, -0.2) is 9.97 Å². The van der Waals surface area contributed by atoms with Crippen molar-refractivity contribution in [1.82, 2.24) is 9.97 Å². The van der Waals surface area contributed by atoms with E-state index in [1.807, 2.05) is 0 Å². The minimum absolute atomic E-state index is 0.285. The van der Waals surface area contributed by atoms with Crippen molar-refractivity contribution < 1.29 is 0 Å². The van der Waals surface area contributed by atoms with Crippen molar-refractivity contribution in [3.8, 4) is 0 Å². The standard InChI is InChI=1S/C4H2N5/c5-9-8-4-1-2-6-3-7-4/h1,3H. The van der Waals surface area contributed by atoms with Crippen molar-refractivity contribution in [2.45, 2.75) is 0 Å². The van der Waals surface area contributed by atoms with Gasteiger partial charge in [-0.1, -0.05) is 0 Å².